The fourth-order valence-corrected chi connectivity index (χ4v) is 4.34. The van der Waals surface area contributed by atoms with E-state index in [4.69, 9.17) is 4.74 Å². The minimum absolute atomic E-state index is 0.133. The van der Waals surface area contributed by atoms with Crippen LogP contribution in [0.4, 0.5) is 5.13 Å². The molecule has 0 aliphatic rings. The van der Waals surface area contributed by atoms with Crippen LogP contribution in [0.25, 0.3) is 10.6 Å². The molecule has 0 atom stereocenters. The topological polar surface area (TPSA) is 77.0 Å². The first-order valence-electron chi connectivity index (χ1n) is 9.48. The molecular weight excluding hydrogens is 392 g/mol. The van der Waals surface area contributed by atoms with E-state index in [0.29, 0.717) is 11.7 Å². The smallest absolute Gasteiger partial charge is 0.232 e. The van der Waals surface area contributed by atoms with Gasteiger partial charge in [0.25, 0.3) is 0 Å². The summed E-state index contributed by atoms with van der Waals surface area (Å²) in [5, 5.41) is 15.3. The van der Waals surface area contributed by atoms with Crippen LogP contribution in [0.5, 0.6) is 5.75 Å². The number of aromatic nitrogens is 3. The van der Waals surface area contributed by atoms with Gasteiger partial charge in [0, 0.05) is 11.8 Å². The number of amides is 1. The van der Waals surface area contributed by atoms with Crippen LogP contribution in [0.1, 0.15) is 43.8 Å². The van der Waals surface area contributed by atoms with Gasteiger partial charge in [-0.2, -0.15) is 0 Å². The SMILES string of the molecule is CCCCCc1nnc(NC(=O)Cc2csc(-c3ccccc3OCC)n2)s1. The molecular formula is C20H24N4O2S2. The van der Waals surface area contributed by atoms with Crippen LogP contribution in [-0.4, -0.2) is 27.7 Å². The fraction of sp³-hybridized carbons (Fsp3) is 0.400. The van der Waals surface area contributed by atoms with E-state index in [0.717, 1.165) is 39.9 Å². The van der Waals surface area contributed by atoms with E-state index in [-0.39, 0.29) is 12.3 Å². The highest BCUT2D eigenvalue weighted by molar-refractivity contribution is 7.15. The third-order valence-corrected chi connectivity index (χ3v) is 5.84. The van der Waals surface area contributed by atoms with Gasteiger partial charge in [-0.3, -0.25) is 4.79 Å². The summed E-state index contributed by atoms with van der Waals surface area (Å²) in [6.07, 6.45) is 4.57. The zero-order chi connectivity index (χ0) is 19.8. The molecule has 0 aliphatic heterocycles. The number of anilines is 1. The third-order valence-electron chi connectivity index (χ3n) is 4.02. The normalized spacial score (nSPS) is 10.8. The summed E-state index contributed by atoms with van der Waals surface area (Å²) < 4.78 is 5.67. The molecule has 8 heteroatoms. The Bertz CT molecular complexity index is 907. The van der Waals surface area contributed by atoms with E-state index in [1.165, 1.54) is 35.5 Å². The second-order valence-corrected chi connectivity index (χ2v) is 8.18. The molecule has 0 aliphatic carbocycles. The Morgan fingerprint density at radius 3 is 2.86 bits per heavy atom. The Labute approximate surface area is 173 Å². The molecule has 2 heterocycles. The predicted molar refractivity (Wildman–Crippen MR) is 114 cm³/mol. The number of carbonyl (C=O) groups excluding carboxylic acids is 1. The maximum absolute atomic E-state index is 12.3. The van der Waals surface area contributed by atoms with Gasteiger partial charge in [-0.15, -0.1) is 21.5 Å². The van der Waals surface area contributed by atoms with Gasteiger partial charge in [0.1, 0.15) is 15.8 Å². The number of nitrogens with zero attached hydrogens (tertiary/aromatic N) is 3. The van der Waals surface area contributed by atoms with Crippen LogP contribution in [0, 0.1) is 0 Å². The second-order valence-electron chi connectivity index (χ2n) is 6.26. The minimum atomic E-state index is -0.133. The van der Waals surface area contributed by atoms with Crippen molar-refractivity contribution in [3.63, 3.8) is 0 Å². The molecule has 2 aromatic heterocycles. The largest absolute Gasteiger partial charge is 0.493 e. The van der Waals surface area contributed by atoms with E-state index in [1.807, 2.05) is 36.6 Å². The van der Waals surface area contributed by atoms with Gasteiger partial charge in [0.2, 0.25) is 11.0 Å². The van der Waals surface area contributed by atoms with Crippen LogP contribution < -0.4 is 10.1 Å². The zero-order valence-corrected chi connectivity index (χ0v) is 17.7. The zero-order valence-electron chi connectivity index (χ0n) is 16.1. The Hall–Kier alpha value is -2.32. The second kappa shape index (κ2) is 10.3. The number of nitrogens with one attached hydrogen (secondary N) is 1. The number of hydrogen-bond acceptors (Lipinski definition) is 7. The van der Waals surface area contributed by atoms with Crippen LogP contribution in [0.15, 0.2) is 29.6 Å². The standard InChI is InChI=1S/C20H24N4O2S2/c1-3-5-6-11-18-23-24-20(28-18)22-17(25)12-14-13-27-19(21-14)15-9-7-8-10-16(15)26-4-2/h7-10,13H,3-6,11-12H2,1-2H3,(H,22,24,25). The quantitative estimate of drug-likeness (QED) is 0.472. The van der Waals surface area contributed by atoms with E-state index >= 15 is 0 Å². The molecule has 148 valence electrons. The molecule has 1 amide bonds. The van der Waals surface area contributed by atoms with E-state index < -0.39 is 0 Å². The van der Waals surface area contributed by atoms with Crippen LogP contribution in [0.2, 0.25) is 0 Å². The maximum atomic E-state index is 12.3. The average molecular weight is 417 g/mol. The molecule has 0 unspecified atom stereocenters. The van der Waals surface area contributed by atoms with Crippen molar-refractivity contribution in [2.24, 2.45) is 0 Å². The molecule has 3 aromatic rings. The van der Waals surface area contributed by atoms with Crippen molar-refractivity contribution in [3.05, 3.63) is 40.3 Å². The Kier molecular flexibility index (Phi) is 7.50. The lowest BCUT2D eigenvalue weighted by atomic mass is 10.2. The van der Waals surface area contributed by atoms with E-state index in [1.54, 1.807) is 0 Å². The molecule has 0 saturated heterocycles. The molecule has 6 nitrogen and oxygen atoms in total. The summed E-state index contributed by atoms with van der Waals surface area (Å²) in [6, 6.07) is 7.81. The van der Waals surface area contributed by atoms with Crippen molar-refractivity contribution in [2.45, 2.75) is 46.0 Å². The molecule has 0 fully saturated rings. The molecule has 0 saturated carbocycles. The number of rotatable bonds is 10. The monoisotopic (exact) mass is 416 g/mol. The Morgan fingerprint density at radius 1 is 1.18 bits per heavy atom. The first-order chi connectivity index (χ1) is 13.7. The summed E-state index contributed by atoms with van der Waals surface area (Å²) in [4.78, 5) is 16.9. The summed E-state index contributed by atoms with van der Waals surface area (Å²) in [5.74, 6) is 0.672. The highest BCUT2D eigenvalue weighted by Gasteiger charge is 2.14. The van der Waals surface area contributed by atoms with E-state index in [2.05, 4.69) is 27.4 Å². The average Bonchev–Trinajstić information content (AvgIpc) is 3.32. The molecule has 0 bridgehead atoms. The molecule has 1 N–H and O–H groups in total. The number of unbranched alkanes of at least 4 members (excludes halogenated alkanes) is 2. The lowest BCUT2D eigenvalue weighted by Gasteiger charge is -2.07. The highest BCUT2D eigenvalue weighted by atomic mass is 32.1. The number of benzene rings is 1. The van der Waals surface area contributed by atoms with Gasteiger partial charge in [-0.1, -0.05) is 43.2 Å². The number of aryl methyl sites for hydroxylation is 1. The lowest BCUT2D eigenvalue weighted by molar-refractivity contribution is -0.115. The van der Waals surface area contributed by atoms with Crippen molar-refractivity contribution in [3.8, 4) is 16.3 Å². The predicted octanol–water partition coefficient (Wildman–Crippen LogP) is 4.97. The van der Waals surface area contributed by atoms with E-state index in [9.17, 15) is 4.79 Å². The molecule has 3 rings (SSSR count). The number of carbonyl (C=O) groups is 1. The Balaban J connectivity index is 1.59. The number of para-hydroxylation sites is 1. The van der Waals surface area contributed by atoms with Crippen LogP contribution in [0.3, 0.4) is 0 Å². The Morgan fingerprint density at radius 2 is 2.04 bits per heavy atom. The number of ether oxygens (including phenoxy) is 1. The van der Waals surface area contributed by atoms with Gasteiger partial charge < -0.3 is 10.1 Å². The summed E-state index contributed by atoms with van der Waals surface area (Å²) in [6.45, 7) is 4.72. The van der Waals surface area contributed by atoms with Gasteiger partial charge in [0.05, 0.1) is 24.3 Å². The summed E-state index contributed by atoms with van der Waals surface area (Å²) in [7, 11) is 0. The summed E-state index contributed by atoms with van der Waals surface area (Å²) in [5.41, 5.74) is 1.68. The van der Waals surface area contributed by atoms with Crippen molar-refractivity contribution < 1.29 is 9.53 Å². The van der Waals surface area contributed by atoms with Gasteiger partial charge in [0.15, 0.2) is 0 Å². The number of hydrogen-bond donors (Lipinski definition) is 1. The van der Waals surface area contributed by atoms with Crippen LogP contribution in [-0.2, 0) is 17.6 Å². The van der Waals surface area contributed by atoms with Crippen LogP contribution >= 0.6 is 22.7 Å². The molecule has 1 aromatic carbocycles. The number of thiazole rings is 1. The molecule has 28 heavy (non-hydrogen) atoms. The maximum Gasteiger partial charge on any atom is 0.232 e. The first kappa shape index (κ1) is 20.4. The van der Waals surface area contributed by atoms with Gasteiger partial charge >= 0.3 is 0 Å². The van der Waals surface area contributed by atoms with Crippen molar-refractivity contribution in [2.75, 3.05) is 11.9 Å². The minimum Gasteiger partial charge on any atom is -0.493 e. The van der Waals surface area contributed by atoms with Gasteiger partial charge in [-0.25, -0.2) is 4.98 Å². The van der Waals surface area contributed by atoms with Crippen molar-refractivity contribution in [1.29, 1.82) is 0 Å². The fourth-order valence-electron chi connectivity index (χ4n) is 2.70. The highest BCUT2D eigenvalue weighted by Crippen LogP contribution is 2.32. The third kappa shape index (κ3) is 5.59. The van der Waals surface area contributed by atoms with Crippen molar-refractivity contribution >= 4 is 33.7 Å². The van der Waals surface area contributed by atoms with Crippen molar-refractivity contribution in [1.82, 2.24) is 15.2 Å². The molecule has 0 spiro atoms. The molecule has 0 radical (unpaired) electrons. The summed E-state index contributed by atoms with van der Waals surface area (Å²) >= 11 is 2.95. The van der Waals surface area contributed by atoms with Gasteiger partial charge in [-0.05, 0) is 25.5 Å². The lowest BCUT2D eigenvalue weighted by Crippen LogP contribution is -2.14. The first-order valence-corrected chi connectivity index (χ1v) is 11.2.